The van der Waals surface area contributed by atoms with Gasteiger partial charge in [-0.1, -0.05) is 0 Å². The van der Waals surface area contributed by atoms with Gasteiger partial charge in [-0.15, -0.1) is 0 Å². The van der Waals surface area contributed by atoms with E-state index in [0.717, 1.165) is 0 Å². The van der Waals surface area contributed by atoms with Crippen molar-refractivity contribution in [3.63, 3.8) is 0 Å². The Morgan fingerprint density at radius 1 is 0.241 bits per heavy atom. The van der Waals surface area contributed by atoms with Gasteiger partial charge < -0.3 is 233 Å². The minimum absolute atomic E-state index is 0.816. The van der Waals surface area contributed by atoms with Crippen LogP contribution in [0.4, 0.5) is 0 Å². The number of carboxylic acid groups (broad SMARTS) is 2. The van der Waals surface area contributed by atoms with Crippen LogP contribution in [0, 0.1) is 0 Å². The van der Waals surface area contributed by atoms with Crippen molar-refractivity contribution in [1.82, 2.24) is 0 Å². The molecule has 108 heavy (non-hydrogen) atoms. The Balaban J connectivity index is 0.986. The molecule has 9 saturated heterocycles. The van der Waals surface area contributed by atoms with Crippen molar-refractivity contribution in [2.24, 2.45) is 0 Å². The van der Waals surface area contributed by atoms with Crippen LogP contribution in [-0.2, 0) is 99.6 Å². The van der Waals surface area contributed by atoms with E-state index in [1.165, 1.54) is 6.92 Å². The molecule has 0 aliphatic carbocycles. The summed E-state index contributed by atoms with van der Waals surface area (Å²) in [5.74, 6) is -3.02. The van der Waals surface area contributed by atoms with E-state index in [2.05, 4.69) is 0 Å². The number of carboxylic acids is 2. The van der Waals surface area contributed by atoms with E-state index in [1.807, 2.05) is 0 Å². The highest BCUT2D eigenvalue weighted by Crippen LogP contribution is 2.40. The van der Waals surface area contributed by atoms with Gasteiger partial charge >= 0.3 is 11.9 Å². The Morgan fingerprint density at radius 2 is 0.491 bits per heavy atom. The fourth-order valence-electron chi connectivity index (χ4n) is 13.6. The van der Waals surface area contributed by atoms with E-state index >= 15 is 0 Å². The van der Waals surface area contributed by atoms with Gasteiger partial charge in [0, 0.05) is 0 Å². The maximum absolute atomic E-state index is 12.3. The highest BCUT2D eigenvalue weighted by atomic mass is 16.8. The van der Waals surface area contributed by atoms with Crippen molar-refractivity contribution in [3.8, 4) is 0 Å². The first-order valence-corrected chi connectivity index (χ1v) is 34.1. The summed E-state index contributed by atoms with van der Waals surface area (Å²) in [5.41, 5.74) is 0. The molecule has 0 aromatic rings. The summed E-state index contributed by atoms with van der Waals surface area (Å²) in [6, 6.07) is 0. The Kier molecular flexibility index (Phi) is 32.3. The van der Waals surface area contributed by atoms with Crippen molar-refractivity contribution in [1.29, 1.82) is 0 Å². The quantitative estimate of drug-likeness (QED) is 0.0306. The second-order valence-corrected chi connectivity index (χ2v) is 26.9. The van der Waals surface area contributed by atoms with Crippen LogP contribution in [0.5, 0.6) is 0 Å². The van der Waals surface area contributed by atoms with E-state index in [0.29, 0.717) is 0 Å². The van der Waals surface area contributed by atoms with Crippen molar-refractivity contribution in [2.45, 2.75) is 283 Å². The normalized spacial score (nSPS) is 50.5. The fourth-order valence-corrected chi connectivity index (χ4v) is 13.6. The Hall–Kier alpha value is -2.86. The number of aliphatic carboxylic acids is 2. The molecule has 49 nitrogen and oxygen atoms in total. The van der Waals surface area contributed by atoms with E-state index in [-0.39, 0.29) is 0 Å². The molecule has 9 aliphatic rings. The molecule has 9 fully saturated rings. The molecule has 45 atom stereocenters. The molecule has 0 radical (unpaired) electrons. The van der Waals surface area contributed by atoms with Gasteiger partial charge in [0.15, 0.2) is 50.3 Å². The molecule has 0 bridgehead atoms. The number of aliphatic hydroxyl groups excluding tert-OH is 26. The lowest BCUT2D eigenvalue weighted by atomic mass is 9.94. The van der Waals surface area contributed by atoms with Crippen LogP contribution < -0.4 is 0 Å². The summed E-state index contributed by atoms with van der Waals surface area (Å²) < 4.78 is 108. The molecule has 0 spiro atoms. The first-order chi connectivity index (χ1) is 51.2. The molecule has 9 heterocycles. The third kappa shape index (κ3) is 19.5. The van der Waals surface area contributed by atoms with Crippen LogP contribution in [0.3, 0.4) is 0 Å². The average Bonchev–Trinajstić information content (AvgIpc) is 0.786. The molecule has 628 valence electrons. The predicted molar refractivity (Wildman–Crippen MR) is 323 cm³/mol. The molecule has 44 unspecified atom stereocenters. The highest BCUT2D eigenvalue weighted by molar-refractivity contribution is 5.68. The summed E-state index contributed by atoms with van der Waals surface area (Å²) in [6.07, 6.45) is -93.9. The zero-order valence-electron chi connectivity index (χ0n) is 56.9. The lowest BCUT2D eigenvalue weighted by Crippen LogP contribution is -2.69. The lowest BCUT2D eigenvalue weighted by Gasteiger charge is -2.50. The molecule has 0 saturated carbocycles. The van der Waals surface area contributed by atoms with E-state index in [9.17, 15) is 147 Å². The predicted octanol–water partition coefficient (Wildman–Crippen LogP) is -19.3. The number of hydrogen-bond acceptors (Lipinski definition) is 47. The molecular weight excluding hydrogens is 1490 g/mol. The summed E-state index contributed by atoms with van der Waals surface area (Å²) in [6.45, 7) is -10.2. The van der Waals surface area contributed by atoms with Crippen molar-refractivity contribution in [3.05, 3.63) is 0 Å². The standard InChI is InChI=1S/C59H98O49/c1-13-25(71)45(27(73)15(3-61)93-13)102-58-42(88)50(32(78)21(100-58)9-90-11-23(67)68)107-57-41(87)49(31(77)19(7-65)98-57)106-59-43(89)51(108-56-39(85)47(29(75)17(5-63)97-56)103-53-36(82)34(80)26(72)14(2-60)95-53)33(79)22(101-59)10-92-52-38(84)46(28(74)16(4-62)94-52)105-55-40(86)48(30(76)18(6-64)96-55)104-54-37(83)35(81)44(20(8-66)99-54)91-12-24(69)70/h13-22,25-66,71-89H,2-12H2,1H3,(H,67,68)(H,69,70)/t13?,14?,15?,16?,17?,18?,19?,20?,21?,22?,25?,26?,27?,28?,29?,30?,31?,32?,33?,34?,35?,36?,37?,38-,39?,40?,41?,42?,43?,44?,45?,46?,47?,48?,49?,50?,51?,52?,53?,54?,55?,56?,57?,58?,59?/m0/s1. The molecule has 9 rings (SSSR count). The average molecular weight is 1590 g/mol. The highest BCUT2D eigenvalue weighted by Gasteiger charge is 2.61. The van der Waals surface area contributed by atoms with Gasteiger partial charge in [-0.25, -0.2) is 9.59 Å². The van der Waals surface area contributed by atoms with E-state index < -0.39 is 361 Å². The molecule has 0 aromatic carbocycles. The monoisotopic (exact) mass is 1590 g/mol. The largest absolute Gasteiger partial charge is 0.480 e. The fraction of sp³-hybridized carbons (Fsp3) is 0.966. The van der Waals surface area contributed by atoms with Crippen LogP contribution in [0.2, 0.25) is 0 Å². The van der Waals surface area contributed by atoms with Gasteiger partial charge in [0.1, 0.15) is 233 Å². The second kappa shape index (κ2) is 39.2. The van der Waals surface area contributed by atoms with Crippen molar-refractivity contribution in [2.75, 3.05) is 72.7 Å². The van der Waals surface area contributed by atoms with Gasteiger partial charge in [-0.05, 0) is 6.92 Å². The van der Waals surface area contributed by atoms with Crippen molar-refractivity contribution < 1.29 is 243 Å². The molecule has 0 aromatic heterocycles. The topological polar surface area (TPSA) is 776 Å². The third-order valence-electron chi connectivity index (χ3n) is 19.7. The molecular formula is C59H98O49. The van der Waals surface area contributed by atoms with Crippen LogP contribution in [0.25, 0.3) is 0 Å². The molecule has 49 heteroatoms. The second-order valence-electron chi connectivity index (χ2n) is 26.9. The number of ether oxygens (including phenoxy) is 19. The Morgan fingerprint density at radius 3 is 0.824 bits per heavy atom. The minimum atomic E-state index is -2.57. The van der Waals surface area contributed by atoms with Crippen LogP contribution in [-0.4, -0.2) is 504 Å². The maximum atomic E-state index is 12.3. The number of aliphatic hydroxyl groups is 26. The van der Waals surface area contributed by atoms with Gasteiger partial charge in [0.25, 0.3) is 0 Å². The summed E-state index contributed by atoms with van der Waals surface area (Å²) in [7, 11) is 0. The third-order valence-corrected chi connectivity index (χ3v) is 19.7. The zero-order chi connectivity index (χ0) is 79.3. The number of carbonyl (C=O) groups is 2. The minimum Gasteiger partial charge on any atom is -0.480 e. The SMILES string of the molecule is CC1OC(CO)C(O)C(OC2OC(COCC(=O)O)C(O)C(OC3OC(CO)C(O)C(OC4OC(COC5OC(CO)C(O)C(OC6OC(CO)C(O)C(OC7OC(CO)C(OCC(=O)O)C(O)C7O)C6O)[C@@H]5O)C(O)C(OC5OC(CO)C(O)C(OC6OC(CO)C(O)C(O)C6O)C5O)C4O)C3O)C2O)C1O. The van der Waals surface area contributed by atoms with E-state index in [4.69, 9.17) is 95.1 Å². The number of rotatable bonds is 31. The first-order valence-electron chi connectivity index (χ1n) is 34.1. The van der Waals surface area contributed by atoms with Crippen LogP contribution in [0.1, 0.15) is 6.92 Å². The lowest BCUT2D eigenvalue weighted by molar-refractivity contribution is -0.401. The smallest absolute Gasteiger partial charge is 0.329 e. The first kappa shape index (κ1) is 89.1. The molecule has 28 N–H and O–H groups in total. The van der Waals surface area contributed by atoms with E-state index in [1.54, 1.807) is 0 Å². The van der Waals surface area contributed by atoms with Gasteiger partial charge in [0.05, 0.1) is 65.6 Å². The van der Waals surface area contributed by atoms with Gasteiger partial charge in [0.2, 0.25) is 0 Å². The molecule has 9 aliphatic heterocycles. The van der Waals surface area contributed by atoms with Crippen LogP contribution in [0.15, 0.2) is 0 Å². The zero-order valence-corrected chi connectivity index (χ0v) is 56.9. The molecule has 0 amide bonds. The van der Waals surface area contributed by atoms with Gasteiger partial charge in [-0.2, -0.15) is 0 Å². The number of hydrogen-bond donors (Lipinski definition) is 28. The summed E-state index contributed by atoms with van der Waals surface area (Å²) >= 11 is 0. The Labute approximate surface area is 609 Å². The van der Waals surface area contributed by atoms with Crippen LogP contribution >= 0.6 is 0 Å². The van der Waals surface area contributed by atoms with Crippen molar-refractivity contribution >= 4 is 11.9 Å². The Bertz CT molecular complexity index is 2740. The summed E-state index contributed by atoms with van der Waals surface area (Å²) in [4.78, 5) is 22.7. The van der Waals surface area contributed by atoms with Gasteiger partial charge in [-0.3, -0.25) is 0 Å². The summed E-state index contributed by atoms with van der Waals surface area (Å²) in [5, 5.41) is 307. The maximum Gasteiger partial charge on any atom is 0.329 e.